The van der Waals surface area contributed by atoms with Crippen LogP contribution in [-0.4, -0.2) is 74.8 Å². The number of para-hydroxylation sites is 4. The van der Waals surface area contributed by atoms with Crippen LogP contribution in [0.25, 0.3) is 11.1 Å². The molecule has 0 unspecified atom stereocenters. The standard InChI is InChI=1S/C31H21NOSe.C19H21BO3.C18H12BrNSe.C13H10Se.C6H4BrI.CH4/c33-31(24-8-2-1-3-9-24)25-16-14-22(15-17-25)23-18-20-26(21-19-23)32-27-10-4-6-12-29(27)34-30-13-7-5-11-28(30)32;1-18(2)19(3,4)23-20(22-18)16-12-10-15(11-13-16)17(21)14-8-6-5-7-9-14;19-13-9-11-14(12-10-13)20-15-5-1-3-7-17(15)21-18-8-4-2-6-16(18)20;1-3-7-12-10(5-1)9-11-6-2-4-8-13(11)14-12;7-5-1-3-6(8)4-2-5;/h1-21H;5-13H,1-4H3;1-12H;1-8H,9H2;1-4H;1H4. The number of anilines is 6. The van der Waals surface area contributed by atoms with Gasteiger partial charge in [-0.2, -0.15) is 0 Å². The molecule has 0 aromatic heterocycles. The Balaban J connectivity index is 0.000000127. The molecule has 0 aliphatic carbocycles. The summed E-state index contributed by atoms with van der Waals surface area (Å²) in [7, 11) is -0.402. The van der Waals surface area contributed by atoms with Gasteiger partial charge in [0.2, 0.25) is 0 Å². The minimum absolute atomic E-state index is 0. The number of halogens is 3. The van der Waals surface area contributed by atoms with Crippen molar-refractivity contribution in [2.45, 2.75) is 52.7 Å². The maximum absolute atomic E-state index is 12.7. The van der Waals surface area contributed by atoms with E-state index in [1.54, 1.807) is 8.92 Å². The van der Waals surface area contributed by atoms with Crippen molar-refractivity contribution in [3.8, 4) is 11.1 Å². The fraction of sp³-hybridized carbons (Fsp3) is 0.0909. The van der Waals surface area contributed by atoms with Crippen LogP contribution in [-0.2, 0) is 15.7 Å². The van der Waals surface area contributed by atoms with Crippen LogP contribution in [0.15, 0.2) is 337 Å². The number of hydrogen-bond donors (Lipinski definition) is 0. The Morgan fingerprint density at radius 1 is 0.356 bits per heavy atom. The van der Waals surface area contributed by atoms with Gasteiger partial charge in [0.05, 0.1) is 11.2 Å². The van der Waals surface area contributed by atoms with Crippen LogP contribution in [0, 0.1) is 3.57 Å². The predicted molar refractivity (Wildman–Crippen MR) is 442 cm³/mol. The molecular formula is C88H72BBr2IN2O4Se3. The van der Waals surface area contributed by atoms with Crippen LogP contribution in [0.4, 0.5) is 34.1 Å². The first-order valence-corrected chi connectivity index (χ1v) is 40.6. The third-order valence-corrected chi connectivity index (χ3v) is 26.8. The summed E-state index contributed by atoms with van der Waals surface area (Å²) in [6.07, 6.45) is 1.12. The van der Waals surface area contributed by atoms with Gasteiger partial charge in [0.15, 0.2) is 5.78 Å². The van der Waals surface area contributed by atoms with E-state index in [4.69, 9.17) is 9.31 Å². The Bertz CT molecular complexity index is 4780. The van der Waals surface area contributed by atoms with Crippen LogP contribution in [0.2, 0.25) is 0 Å². The summed E-state index contributed by atoms with van der Waals surface area (Å²) in [5, 5.41) is 0. The first-order chi connectivity index (χ1) is 48.6. The Hall–Kier alpha value is -7.97. The van der Waals surface area contributed by atoms with Gasteiger partial charge in [-0.05, 0) is 80.0 Å². The summed E-state index contributed by atoms with van der Waals surface area (Å²) in [4.78, 5) is 29.9. The predicted octanol–water partition coefficient (Wildman–Crippen LogP) is 18.1. The van der Waals surface area contributed by atoms with Crippen molar-refractivity contribution < 1.29 is 18.9 Å². The van der Waals surface area contributed by atoms with E-state index >= 15 is 0 Å². The average Bonchev–Trinajstić information content (AvgIpc) is 1.33. The van der Waals surface area contributed by atoms with Crippen molar-refractivity contribution in [2.24, 2.45) is 0 Å². The van der Waals surface area contributed by atoms with Crippen molar-refractivity contribution in [1.82, 2.24) is 0 Å². The Morgan fingerprint density at radius 3 is 1.02 bits per heavy atom. The van der Waals surface area contributed by atoms with E-state index in [0.717, 1.165) is 37.6 Å². The number of nitrogens with zero attached hydrogens (tertiary/aromatic N) is 2. The molecule has 4 aliphatic heterocycles. The second-order valence-electron chi connectivity index (χ2n) is 24.9. The molecule has 13 heteroatoms. The third-order valence-electron chi connectivity index (χ3n) is 17.7. The van der Waals surface area contributed by atoms with E-state index in [0.29, 0.717) is 67.1 Å². The first-order valence-electron chi connectivity index (χ1n) is 32.8. The molecule has 0 bridgehead atoms. The van der Waals surface area contributed by atoms with Gasteiger partial charge in [0.25, 0.3) is 0 Å². The second-order valence-corrected chi connectivity index (χ2v) is 34.8. The van der Waals surface area contributed by atoms with Gasteiger partial charge in [-0.3, -0.25) is 9.59 Å². The Kier molecular flexibility index (Phi) is 24.1. The van der Waals surface area contributed by atoms with Crippen LogP contribution in [0.3, 0.4) is 0 Å². The number of fused-ring (bicyclic) bond motifs is 6. The molecule has 6 nitrogen and oxygen atoms in total. The van der Waals surface area contributed by atoms with Gasteiger partial charge in [-0.25, -0.2) is 0 Å². The molecule has 0 atom stereocenters. The summed E-state index contributed by atoms with van der Waals surface area (Å²) in [6.45, 7) is 8.11. The summed E-state index contributed by atoms with van der Waals surface area (Å²) < 4.78 is 24.3. The van der Waals surface area contributed by atoms with Crippen molar-refractivity contribution in [1.29, 1.82) is 0 Å². The molecule has 0 saturated carbocycles. The number of carbonyl (C=O) groups is 2. The summed E-state index contributed by atoms with van der Waals surface area (Å²) in [5.41, 5.74) is 15.7. The molecule has 0 amide bonds. The van der Waals surface area contributed by atoms with E-state index in [2.05, 4.69) is 271 Å². The Morgan fingerprint density at radius 2 is 0.644 bits per heavy atom. The zero-order valence-electron chi connectivity index (χ0n) is 55.3. The zero-order valence-corrected chi connectivity index (χ0v) is 65.8. The molecule has 17 rings (SSSR count). The van der Waals surface area contributed by atoms with Crippen LogP contribution >= 0.6 is 54.5 Å². The summed E-state index contributed by atoms with van der Waals surface area (Å²) in [5.74, 6) is 0.0672. The fourth-order valence-corrected chi connectivity index (χ4v) is 19.3. The topological polar surface area (TPSA) is 59.1 Å². The minimum atomic E-state index is -0.402. The van der Waals surface area contributed by atoms with E-state index < -0.39 is 7.12 Å². The molecule has 500 valence electrons. The van der Waals surface area contributed by atoms with Gasteiger partial charge in [-0.15, -0.1) is 0 Å². The number of hydrogen-bond acceptors (Lipinski definition) is 6. The molecule has 1 saturated heterocycles. The van der Waals surface area contributed by atoms with Crippen LogP contribution < -0.4 is 42.0 Å². The van der Waals surface area contributed by atoms with Gasteiger partial charge in [0.1, 0.15) is 0 Å². The fourth-order valence-electron chi connectivity index (χ4n) is 11.7. The van der Waals surface area contributed by atoms with Crippen molar-refractivity contribution >= 4 is 184 Å². The molecule has 4 aliphatic rings. The van der Waals surface area contributed by atoms with Gasteiger partial charge < -0.3 is 9.31 Å². The average molecular weight is 1760 g/mol. The van der Waals surface area contributed by atoms with Crippen molar-refractivity contribution in [3.63, 3.8) is 0 Å². The quantitative estimate of drug-likeness (QED) is 0.0858. The first kappa shape index (κ1) is 72.8. The van der Waals surface area contributed by atoms with Crippen molar-refractivity contribution in [3.05, 3.63) is 373 Å². The molecule has 0 N–H and O–H groups in total. The van der Waals surface area contributed by atoms with Gasteiger partial charge in [0, 0.05) is 24.7 Å². The maximum atomic E-state index is 12.7. The number of ketones is 2. The van der Waals surface area contributed by atoms with Crippen molar-refractivity contribution in [2.75, 3.05) is 9.80 Å². The molecule has 13 aromatic rings. The Labute approximate surface area is 644 Å². The summed E-state index contributed by atoms with van der Waals surface area (Å²) in [6, 6.07) is 112. The number of benzene rings is 13. The number of carbonyl (C=O) groups excluding carboxylic acids is 2. The molecule has 0 spiro atoms. The SMILES string of the molecule is Brc1ccc(I)cc1.Brc1ccc(N2c3ccccc3[Se]c3ccccc32)cc1.C.CC1(C)OB(c2ccc(C(=O)c3ccccc3)cc2)OC1(C)C.O=C(c1ccccc1)c1ccc(-c2ccc(N3c4ccccc4[Se]c4ccccc43)cc2)cc1.c1ccc2c(c1)Cc1ccccc1[Se]2. The van der Waals surface area contributed by atoms with Crippen LogP contribution in [0.1, 0.15) is 78.1 Å². The molecule has 4 heterocycles. The van der Waals surface area contributed by atoms with E-state index in [-0.39, 0.29) is 30.2 Å². The van der Waals surface area contributed by atoms with Gasteiger partial charge in [-0.1, -0.05) is 108 Å². The molecule has 0 radical (unpaired) electrons. The van der Waals surface area contributed by atoms with Crippen LogP contribution in [0.5, 0.6) is 0 Å². The van der Waals surface area contributed by atoms with E-state index in [1.165, 1.54) is 61.0 Å². The van der Waals surface area contributed by atoms with E-state index in [1.807, 2.05) is 149 Å². The molecular weight excluding hydrogens is 1680 g/mol. The van der Waals surface area contributed by atoms with Gasteiger partial charge >= 0.3 is 401 Å². The third kappa shape index (κ3) is 17.4. The molecule has 101 heavy (non-hydrogen) atoms. The normalized spacial score (nSPS) is 13.6. The summed E-state index contributed by atoms with van der Waals surface area (Å²) >= 11 is 10.3. The molecule has 13 aromatic carbocycles. The second kappa shape index (κ2) is 33.4. The monoisotopic (exact) mass is 1760 g/mol. The molecule has 1 fully saturated rings. The number of rotatable bonds is 8. The van der Waals surface area contributed by atoms with E-state index in [9.17, 15) is 9.59 Å². The zero-order chi connectivity index (χ0) is 69.2.